The summed E-state index contributed by atoms with van der Waals surface area (Å²) in [6.45, 7) is 3.99. The number of anilines is 1. The second-order valence-corrected chi connectivity index (χ2v) is 5.37. The molecule has 0 aromatic heterocycles. The van der Waals surface area contributed by atoms with Crippen LogP contribution in [0.15, 0.2) is 23.4 Å². The van der Waals surface area contributed by atoms with Crippen LogP contribution >= 0.6 is 0 Å². The highest BCUT2D eigenvalue weighted by molar-refractivity contribution is 5.97. The third kappa shape index (κ3) is 3.21. The summed E-state index contributed by atoms with van der Waals surface area (Å²) < 4.78 is 14.1. The Morgan fingerprint density at radius 3 is 2.70 bits per heavy atom. The lowest BCUT2D eigenvalue weighted by Crippen LogP contribution is -2.34. The van der Waals surface area contributed by atoms with E-state index < -0.39 is 0 Å². The van der Waals surface area contributed by atoms with Crippen LogP contribution in [0.1, 0.15) is 38.2 Å². The lowest BCUT2D eigenvalue weighted by atomic mass is 9.92. The highest BCUT2D eigenvalue weighted by Gasteiger charge is 2.21. The van der Waals surface area contributed by atoms with Crippen molar-refractivity contribution in [3.05, 3.63) is 29.6 Å². The molecule has 0 unspecified atom stereocenters. The van der Waals surface area contributed by atoms with E-state index >= 15 is 0 Å². The van der Waals surface area contributed by atoms with E-state index in [0.717, 1.165) is 31.8 Å². The van der Waals surface area contributed by atoms with E-state index in [1.54, 1.807) is 12.1 Å². The molecule has 5 heteroatoms. The summed E-state index contributed by atoms with van der Waals surface area (Å²) in [7, 11) is 0. The Balaban J connectivity index is 2.07. The molecule has 2 rings (SSSR count). The highest BCUT2D eigenvalue weighted by atomic mass is 19.1. The van der Waals surface area contributed by atoms with Gasteiger partial charge < -0.3 is 15.8 Å². The fraction of sp³-hybridized carbons (Fsp3) is 0.533. The third-order valence-corrected chi connectivity index (χ3v) is 4.00. The van der Waals surface area contributed by atoms with Crippen molar-refractivity contribution in [3.63, 3.8) is 0 Å². The average Bonchev–Trinajstić information content (AvgIpc) is 2.47. The van der Waals surface area contributed by atoms with E-state index in [1.807, 2.05) is 0 Å². The van der Waals surface area contributed by atoms with Crippen LogP contribution in [0.5, 0.6) is 0 Å². The lowest BCUT2D eigenvalue weighted by molar-refractivity contribution is 0.318. The Bertz CT molecular complexity index is 482. The Labute approximate surface area is 119 Å². The van der Waals surface area contributed by atoms with Gasteiger partial charge in [0.2, 0.25) is 0 Å². The second kappa shape index (κ2) is 6.59. The van der Waals surface area contributed by atoms with E-state index in [1.165, 1.54) is 18.9 Å². The molecule has 1 fully saturated rings. The van der Waals surface area contributed by atoms with Crippen LogP contribution in [0.4, 0.5) is 10.1 Å². The largest absolute Gasteiger partial charge is 0.409 e. The molecule has 0 bridgehead atoms. The van der Waals surface area contributed by atoms with Gasteiger partial charge in [0.1, 0.15) is 5.82 Å². The standard InChI is InChI=1S/C15H22FN3O/c1-2-3-11-6-8-19(9-7-11)14-5-4-12(10-13(14)16)15(17)18-20/h4-5,10-11,20H,2-3,6-9H2,1H3,(H2,17,18). The van der Waals surface area contributed by atoms with Crippen LogP contribution in [-0.2, 0) is 0 Å². The fourth-order valence-corrected chi connectivity index (χ4v) is 2.85. The van der Waals surface area contributed by atoms with Gasteiger partial charge in [0, 0.05) is 18.7 Å². The van der Waals surface area contributed by atoms with Gasteiger partial charge in [-0.25, -0.2) is 4.39 Å². The minimum Gasteiger partial charge on any atom is -0.409 e. The molecule has 0 radical (unpaired) electrons. The van der Waals surface area contributed by atoms with Crippen molar-refractivity contribution in [1.82, 2.24) is 0 Å². The van der Waals surface area contributed by atoms with Crippen molar-refractivity contribution in [3.8, 4) is 0 Å². The molecule has 1 aromatic rings. The second-order valence-electron chi connectivity index (χ2n) is 5.37. The molecular weight excluding hydrogens is 257 g/mol. The third-order valence-electron chi connectivity index (χ3n) is 4.00. The molecule has 0 aliphatic carbocycles. The first kappa shape index (κ1) is 14.6. The SMILES string of the molecule is CCCC1CCN(c2ccc(C(N)=NO)cc2F)CC1. The minimum atomic E-state index is -0.317. The molecule has 0 amide bonds. The van der Waals surface area contributed by atoms with Crippen LogP contribution in [0.25, 0.3) is 0 Å². The van der Waals surface area contributed by atoms with Gasteiger partial charge in [-0.1, -0.05) is 24.9 Å². The summed E-state index contributed by atoms with van der Waals surface area (Å²) in [5.74, 6) is 0.385. The molecule has 1 heterocycles. The number of hydrogen-bond donors (Lipinski definition) is 2. The van der Waals surface area contributed by atoms with E-state index in [-0.39, 0.29) is 11.7 Å². The van der Waals surface area contributed by atoms with Crippen LogP contribution < -0.4 is 10.6 Å². The predicted octanol–water partition coefficient (Wildman–Crippen LogP) is 2.94. The van der Waals surface area contributed by atoms with Gasteiger partial charge in [-0.05, 0) is 37.0 Å². The van der Waals surface area contributed by atoms with Crippen molar-refractivity contribution in [2.45, 2.75) is 32.6 Å². The first-order chi connectivity index (χ1) is 9.65. The lowest BCUT2D eigenvalue weighted by Gasteiger charge is -2.33. The molecule has 20 heavy (non-hydrogen) atoms. The van der Waals surface area contributed by atoms with Crippen LogP contribution in [0.2, 0.25) is 0 Å². The van der Waals surface area contributed by atoms with Gasteiger partial charge in [0.05, 0.1) is 5.69 Å². The van der Waals surface area contributed by atoms with E-state index in [0.29, 0.717) is 11.3 Å². The summed E-state index contributed by atoms with van der Waals surface area (Å²) >= 11 is 0. The molecule has 3 N–H and O–H groups in total. The van der Waals surface area contributed by atoms with Gasteiger partial charge in [-0.3, -0.25) is 0 Å². The Morgan fingerprint density at radius 2 is 2.15 bits per heavy atom. The number of amidine groups is 1. The Morgan fingerprint density at radius 1 is 1.45 bits per heavy atom. The van der Waals surface area contributed by atoms with Crippen molar-refractivity contribution in [2.24, 2.45) is 16.8 Å². The smallest absolute Gasteiger partial charge is 0.170 e. The van der Waals surface area contributed by atoms with Crippen molar-refractivity contribution >= 4 is 11.5 Å². The number of rotatable bonds is 4. The van der Waals surface area contributed by atoms with Gasteiger partial charge in [-0.2, -0.15) is 0 Å². The molecule has 4 nitrogen and oxygen atoms in total. The molecule has 1 aliphatic heterocycles. The quantitative estimate of drug-likeness (QED) is 0.385. The monoisotopic (exact) mass is 279 g/mol. The van der Waals surface area contributed by atoms with Gasteiger partial charge in [0.15, 0.2) is 5.84 Å². The Kier molecular flexibility index (Phi) is 4.82. The molecule has 110 valence electrons. The topological polar surface area (TPSA) is 61.8 Å². The van der Waals surface area contributed by atoms with Gasteiger partial charge in [-0.15, -0.1) is 0 Å². The zero-order valence-electron chi connectivity index (χ0n) is 11.8. The summed E-state index contributed by atoms with van der Waals surface area (Å²) in [6, 6.07) is 4.72. The first-order valence-electron chi connectivity index (χ1n) is 7.18. The normalized spacial score (nSPS) is 17.5. The fourth-order valence-electron chi connectivity index (χ4n) is 2.85. The van der Waals surface area contributed by atoms with Crippen LogP contribution in [-0.4, -0.2) is 24.1 Å². The molecular formula is C15H22FN3O. The maximum Gasteiger partial charge on any atom is 0.170 e. The summed E-state index contributed by atoms with van der Waals surface area (Å²) in [6.07, 6.45) is 4.72. The van der Waals surface area contributed by atoms with Crippen LogP contribution in [0, 0.1) is 11.7 Å². The number of oxime groups is 1. The zero-order valence-corrected chi connectivity index (χ0v) is 11.8. The molecule has 1 aliphatic rings. The highest BCUT2D eigenvalue weighted by Crippen LogP contribution is 2.28. The molecule has 1 aromatic carbocycles. The summed E-state index contributed by atoms with van der Waals surface area (Å²) in [4.78, 5) is 2.08. The van der Waals surface area contributed by atoms with E-state index in [2.05, 4.69) is 17.0 Å². The molecule has 0 saturated carbocycles. The number of benzene rings is 1. The number of halogens is 1. The number of hydrogen-bond acceptors (Lipinski definition) is 3. The molecule has 1 saturated heterocycles. The summed E-state index contributed by atoms with van der Waals surface area (Å²) in [5, 5.41) is 11.5. The van der Waals surface area contributed by atoms with Crippen molar-refractivity contribution < 1.29 is 9.60 Å². The van der Waals surface area contributed by atoms with Crippen molar-refractivity contribution in [2.75, 3.05) is 18.0 Å². The Hall–Kier alpha value is -1.78. The molecule has 0 spiro atoms. The zero-order chi connectivity index (χ0) is 14.5. The minimum absolute atomic E-state index is 0.0721. The first-order valence-corrected chi connectivity index (χ1v) is 7.18. The molecule has 0 atom stereocenters. The van der Waals surface area contributed by atoms with Crippen molar-refractivity contribution in [1.29, 1.82) is 0 Å². The van der Waals surface area contributed by atoms with Gasteiger partial charge >= 0.3 is 0 Å². The maximum absolute atomic E-state index is 14.1. The van der Waals surface area contributed by atoms with Crippen LogP contribution in [0.3, 0.4) is 0 Å². The number of nitrogens with zero attached hydrogens (tertiary/aromatic N) is 2. The van der Waals surface area contributed by atoms with E-state index in [4.69, 9.17) is 10.9 Å². The maximum atomic E-state index is 14.1. The average molecular weight is 279 g/mol. The number of nitrogens with two attached hydrogens (primary N) is 1. The predicted molar refractivity (Wildman–Crippen MR) is 78.8 cm³/mol. The van der Waals surface area contributed by atoms with E-state index in [9.17, 15) is 4.39 Å². The number of piperidine rings is 1. The summed E-state index contributed by atoms with van der Waals surface area (Å²) in [5.41, 5.74) is 6.47. The van der Waals surface area contributed by atoms with Gasteiger partial charge in [0.25, 0.3) is 0 Å².